The van der Waals surface area contributed by atoms with Crippen LogP contribution in [0.1, 0.15) is 39.0 Å². The van der Waals surface area contributed by atoms with Crippen LogP contribution in [-0.2, 0) is 14.3 Å². The van der Waals surface area contributed by atoms with Crippen LogP contribution >= 0.6 is 0 Å². The minimum Gasteiger partial charge on any atom is -0.481 e. The van der Waals surface area contributed by atoms with Gasteiger partial charge in [0.25, 0.3) is 0 Å². The molecule has 0 radical (unpaired) electrons. The number of hydrogen-bond acceptors (Lipinski definition) is 3. The Bertz CT molecular complexity index is 346. The van der Waals surface area contributed by atoms with Crippen molar-refractivity contribution in [3.05, 3.63) is 0 Å². The molecule has 2 aliphatic rings. The number of carboxylic acids is 1. The summed E-state index contributed by atoms with van der Waals surface area (Å²) in [6, 6.07) is 0. The van der Waals surface area contributed by atoms with Crippen molar-refractivity contribution in [3.63, 3.8) is 0 Å². The van der Waals surface area contributed by atoms with Gasteiger partial charge in [-0.1, -0.05) is 32.6 Å². The van der Waals surface area contributed by atoms with Crippen molar-refractivity contribution >= 4 is 11.9 Å². The molecule has 2 fully saturated rings. The molecule has 1 aliphatic heterocycles. The van der Waals surface area contributed by atoms with Crippen molar-refractivity contribution in [1.29, 1.82) is 0 Å². The van der Waals surface area contributed by atoms with Crippen LogP contribution in [-0.4, -0.2) is 48.2 Å². The Labute approximate surface area is 120 Å². The maximum absolute atomic E-state index is 12.2. The van der Waals surface area contributed by atoms with Crippen molar-refractivity contribution in [3.8, 4) is 0 Å². The molecule has 5 heteroatoms. The van der Waals surface area contributed by atoms with Gasteiger partial charge in [-0.3, -0.25) is 9.59 Å². The lowest BCUT2D eigenvalue weighted by molar-refractivity contribution is -0.149. The van der Waals surface area contributed by atoms with E-state index in [2.05, 4.69) is 0 Å². The van der Waals surface area contributed by atoms with Crippen LogP contribution in [0.25, 0.3) is 0 Å². The van der Waals surface area contributed by atoms with Gasteiger partial charge in [0.15, 0.2) is 0 Å². The number of aliphatic carboxylic acids is 1. The number of amides is 1. The molecule has 1 N–H and O–H groups in total. The fraction of sp³-hybridized carbons (Fsp3) is 0.867. The van der Waals surface area contributed by atoms with Crippen LogP contribution in [0.5, 0.6) is 0 Å². The zero-order chi connectivity index (χ0) is 14.5. The van der Waals surface area contributed by atoms with E-state index in [0.717, 1.165) is 12.8 Å². The quantitative estimate of drug-likeness (QED) is 0.835. The summed E-state index contributed by atoms with van der Waals surface area (Å²) in [4.78, 5) is 25.5. The van der Waals surface area contributed by atoms with Gasteiger partial charge in [0.2, 0.25) is 5.91 Å². The van der Waals surface area contributed by atoms with Gasteiger partial charge in [-0.25, -0.2) is 0 Å². The number of carbonyl (C=O) groups excluding carboxylic acids is 1. The average Bonchev–Trinajstić information content (AvgIpc) is 2.98. The Kier molecular flexibility index (Phi) is 5.40. The van der Waals surface area contributed by atoms with Gasteiger partial charge in [-0.2, -0.15) is 0 Å². The summed E-state index contributed by atoms with van der Waals surface area (Å²) < 4.78 is 5.22. The average molecular weight is 283 g/mol. The first kappa shape index (κ1) is 15.3. The Hall–Kier alpha value is -1.10. The summed E-state index contributed by atoms with van der Waals surface area (Å²) in [5, 5.41) is 9.46. The molecule has 0 spiro atoms. The monoisotopic (exact) mass is 283 g/mol. The number of ether oxygens (including phenoxy) is 1. The van der Waals surface area contributed by atoms with E-state index < -0.39 is 11.9 Å². The Morgan fingerprint density at radius 2 is 1.85 bits per heavy atom. The summed E-state index contributed by atoms with van der Waals surface area (Å²) in [5.41, 5.74) is 0. The molecule has 0 aromatic carbocycles. The number of hydrogen-bond donors (Lipinski definition) is 1. The van der Waals surface area contributed by atoms with E-state index in [1.807, 2.05) is 6.92 Å². The molecule has 114 valence electrons. The molecule has 2 atom stereocenters. The topological polar surface area (TPSA) is 66.8 Å². The van der Waals surface area contributed by atoms with E-state index in [4.69, 9.17) is 4.74 Å². The lowest BCUT2D eigenvalue weighted by Crippen LogP contribution is -2.42. The number of rotatable bonds is 5. The van der Waals surface area contributed by atoms with Crippen LogP contribution in [0, 0.1) is 17.8 Å². The highest BCUT2D eigenvalue weighted by Crippen LogP contribution is 2.36. The first-order valence-corrected chi connectivity index (χ1v) is 7.68. The standard InChI is InChI=1S/C15H25NO4/c1-11(12-4-2-3-5-12)13(15(18)19)10-14(17)16-6-8-20-9-7-16/h11-13H,2-10H2,1H3,(H,18,19). The number of carboxylic acid groups (broad SMARTS) is 1. The van der Waals surface area contributed by atoms with Crippen molar-refractivity contribution in [2.24, 2.45) is 17.8 Å². The molecule has 5 nitrogen and oxygen atoms in total. The summed E-state index contributed by atoms with van der Waals surface area (Å²) in [7, 11) is 0. The molecule has 1 saturated heterocycles. The van der Waals surface area contributed by atoms with Crippen LogP contribution in [0.2, 0.25) is 0 Å². The molecule has 1 saturated carbocycles. The molecule has 2 unspecified atom stereocenters. The van der Waals surface area contributed by atoms with E-state index in [-0.39, 0.29) is 18.2 Å². The van der Waals surface area contributed by atoms with Crippen LogP contribution in [0.15, 0.2) is 0 Å². The third-order valence-electron chi connectivity index (χ3n) is 4.85. The SMILES string of the molecule is CC(C1CCCC1)C(CC(=O)N1CCOCC1)C(=O)O. The van der Waals surface area contributed by atoms with Crippen molar-refractivity contribution in [2.45, 2.75) is 39.0 Å². The van der Waals surface area contributed by atoms with Crippen molar-refractivity contribution in [2.75, 3.05) is 26.3 Å². The molecule has 1 aliphatic carbocycles. The summed E-state index contributed by atoms with van der Waals surface area (Å²) >= 11 is 0. The second-order valence-electron chi connectivity index (χ2n) is 6.05. The lowest BCUT2D eigenvalue weighted by Gasteiger charge is -2.30. The molecular formula is C15H25NO4. The largest absolute Gasteiger partial charge is 0.481 e. The maximum Gasteiger partial charge on any atom is 0.307 e. The lowest BCUT2D eigenvalue weighted by atomic mass is 9.80. The van der Waals surface area contributed by atoms with Crippen LogP contribution in [0.3, 0.4) is 0 Å². The second kappa shape index (κ2) is 7.07. The predicted octanol–water partition coefficient (Wildman–Crippen LogP) is 1.76. The number of nitrogens with zero attached hydrogens (tertiary/aromatic N) is 1. The maximum atomic E-state index is 12.2. The zero-order valence-corrected chi connectivity index (χ0v) is 12.2. The summed E-state index contributed by atoms with van der Waals surface area (Å²) in [6.45, 7) is 4.29. The van der Waals surface area contributed by atoms with E-state index in [9.17, 15) is 14.7 Å². The molecule has 1 heterocycles. The van der Waals surface area contributed by atoms with Crippen LogP contribution in [0.4, 0.5) is 0 Å². The van der Waals surface area contributed by atoms with Crippen molar-refractivity contribution in [1.82, 2.24) is 4.90 Å². The highest BCUT2D eigenvalue weighted by Gasteiger charge is 2.35. The first-order chi connectivity index (χ1) is 9.59. The fourth-order valence-corrected chi connectivity index (χ4v) is 3.44. The van der Waals surface area contributed by atoms with Gasteiger partial charge in [0.1, 0.15) is 0 Å². The summed E-state index contributed by atoms with van der Waals surface area (Å²) in [5.74, 6) is -0.862. The van der Waals surface area contributed by atoms with Gasteiger partial charge in [0.05, 0.1) is 19.1 Å². The molecule has 1 amide bonds. The van der Waals surface area contributed by atoms with E-state index in [0.29, 0.717) is 32.2 Å². The molecule has 20 heavy (non-hydrogen) atoms. The molecule has 0 aromatic heterocycles. The normalized spacial score (nSPS) is 23.6. The van der Waals surface area contributed by atoms with Gasteiger partial charge in [0, 0.05) is 19.5 Å². The van der Waals surface area contributed by atoms with Crippen LogP contribution < -0.4 is 0 Å². The smallest absolute Gasteiger partial charge is 0.307 e. The molecule has 0 bridgehead atoms. The zero-order valence-electron chi connectivity index (χ0n) is 12.2. The Morgan fingerprint density at radius 1 is 1.25 bits per heavy atom. The summed E-state index contributed by atoms with van der Waals surface area (Å²) in [6.07, 6.45) is 4.73. The Morgan fingerprint density at radius 3 is 2.40 bits per heavy atom. The van der Waals surface area contributed by atoms with Gasteiger partial charge in [-0.15, -0.1) is 0 Å². The van der Waals surface area contributed by atoms with Gasteiger partial charge in [-0.05, 0) is 11.8 Å². The van der Waals surface area contributed by atoms with Crippen molar-refractivity contribution < 1.29 is 19.4 Å². The minimum atomic E-state index is -0.828. The first-order valence-electron chi connectivity index (χ1n) is 7.68. The molecular weight excluding hydrogens is 258 g/mol. The Balaban J connectivity index is 1.93. The predicted molar refractivity (Wildman–Crippen MR) is 74.3 cm³/mol. The third-order valence-corrected chi connectivity index (χ3v) is 4.85. The fourth-order valence-electron chi connectivity index (χ4n) is 3.44. The molecule has 0 aromatic rings. The highest BCUT2D eigenvalue weighted by atomic mass is 16.5. The van der Waals surface area contributed by atoms with E-state index in [1.165, 1.54) is 12.8 Å². The van der Waals surface area contributed by atoms with Gasteiger partial charge >= 0.3 is 5.97 Å². The number of morpholine rings is 1. The number of carbonyl (C=O) groups is 2. The molecule has 2 rings (SSSR count). The van der Waals surface area contributed by atoms with Gasteiger partial charge < -0.3 is 14.7 Å². The van der Waals surface area contributed by atoms with E-state index in [1.54, 1.807) is 4.90 Å². The highest BCUT2D eigenvalue weighted by molar-refractivity contribution is 5.82. The van der Waals surface area contributed by atoms with E-state index >= 15 is 0 Å². The second-order valence-corrected chi connectivity index (χ2v) is 6.05. The minimum absolute atomic E-state index is 0.0365. The third kappa shape index (κ3) is 3.72.